The van der Waals surface area contributed by atoms with Crippen LogP contribution in [0.4, 0.5) is 11.4 Å². The molecule has 0 aliphatic carbocycles. The number of methoxy groups -OCH3 is 3. The van der Waals surface area contributed by atoms with Crippen molar-refractivity contribution in [1.29, 1.82) is 0 Å². The van der Waals surface area contributed by atoms with Gasteiger partial charge in [-0.1, -0.05) is 19.1 Å². The van der Waals surface area contributed by atoms with Gasteiger partial charge in [-0.2, -0.15) is 0 Å². The number of hydrogen-bond acceptors (Lipinski definition) is 6. The summed E-state index contributed by atoms with van der Waals surface area (Å²) in [5.41, 5.74) is 2.03. The third-order valence-corrected chi connectivity index (χ3v) is 5.11. The second-order valence-corrected chi connectivity index (χ2v) is 6.76. The van der Waals surface area contributed by atoms with E-state index in [2.05, 4.69) is 5.32 Å². The number of nitrogens with one attached hydrogen (secondary N) is 1. The van der Waals surface area contributed by atoms with Crippen LogP contribution < -0.4 is 24.4 Å². The van der Waals surface area contributed by atoms with Crippen LogP contribution in [0.2, 0.25) is 0 Å². The Labute approximate surface area is 174 Å². The molecule has 1 atom stereocenters. The van der Waals surface area contributed by atoms with Crippen molar-refractivity contribution in [2.45, 2.75) is 26.3 Å². The van der Waals surface area contributed by atoms with E-state index in [1.807, 2.05) is 19.1 Å². The predicted octanol–water partition coefficient (Wildman–Crippen LogP) is 2.83. The molecule has 30 heavy (non-hydrogen) atoms. The molecular weight excluding hydrogens is 388 g/mol. The normalized spacial score (nSPS) is 13.7. The highest BCUT2D eigenvalue weighted by Crippen LogP contribution is 2.48. The molecule has 0 bridgehead atoms. The Bertz CT molecular complexity index is 1000. The monoisotopic (exact) mass is 412 g/mol. The van der Waals surface area contributed by atoms with Crippen LogP contribution in [0.25, 0.3) is 0 Å². The Balaban J connectivity index is 1.98. The molecule has 158 valence electrons. The number of nitrogens with zero attached hydrogens (tertiary/aromatic N) is 1. The van der Waals surface area contributed by atoms with Gasteiger partial charge in [0.2, 0.25) is 11.7 Å². The first-order valence-corrected chi connectivity index (χ1v) is 9.48. The van der Waals surface area contributed by atoms with Gasteiger partial charge < -0.3 is 19.5 Å². The third-order valence-electron chi connectivity index (χ3n) is 5.11. The molecule has 1 heterocycles. The maximum Gasteiger partial charge on any atom is 0.300 e. The highest BCUT2D eigenvalue weighted by molar-refractivity contribution is 6.53. The van der Waals surface area contributed by atoms with Gasteiger partial charge in [0.15, 0.2) is 11.5 Å². The lowest BCUT2D eigenvalue weighted by atomic mass is 10.1. The van der Waals surface area contributed by atoms with E-state index < -0.39 is 23.6 Å². The van der Waals surface area contributed by atoms with Crippen molar-refractivity contribution in [2.24, 2.45) is 0 Å². The van der Waals surface area contributed by atoms with Crippen molar-refractivity contribution in [1.82, 2.24) is 0 Å². The van der Waals surface area contributed by atoms with Crippen LogP contribution in [-0.4, -0.2) is 45.0 Å². The Hall–Kier alpha value is -3.55. The molecule has 1 aliphatic heterocycles. The lowest BCUT2D eigenvalue weighted by molar-refractivity contribution is -0.120. The number of benzene rings is 2. The fraction of sp³-hybridized carbons (Fsp3) is 0.318. The van der Waals surface area contributed by atoms with Crippen LogP contribution in [0.5, 0.6) is 17.2 Å². The lowest BCUT2D eigenvalue weighted by Crippen LogP contribution is -2.45. The number of hydrogen-bond donors (Lipinski definition) is 1. The first-order chi connectivity index (χ1) is 14.4. The van der Waals surface area contributed by atoms with E-state index in [1.54, 1.807) is 19.1 Å². The average Bonchev–Trinajstić information content (AvgIpc) is 3.01. The molecule has 2 amide bonds. The highest BCUT2D eigenvalue weighted by atomic mass is 16.5. The zero-order chi connectivity index (χ0) is 22.0. The van der Waals surface area contributed by atoms with Crippen LogP contribution in [0, 0.1) is 0 Å². The number of aryl methyl sites for hydroxylation is 1. The molecule has 8 heteroatoms. The Morgan fingerprint density at radius 3 is 2.20 bits per heavy atom. The summed E-state index contributed by atoms with van der Waals surface area (Å²) in [5, 5.41) is 2.78. The predicted molar refractivity (Wildman–Crippen MR) is 112 cm³/mol. The SMILES string of the molecule is CCc1ccc(NC(=O)C(C)N2C(=O)C(=O)c3c2cc(OC)c(OC)c3OC)cc1. The minimum absolute atomic E-state index is 0.0482. The largest absolute Gasteiger partial charge is 0.493 e. The van der Waals surface area contributed by atoms with Gasteiger partial charge in [-0.05, 0) is 31.0 Å². The van der Waals surface area contributed by atoms with Gasteiger partial charge in [-0.15, -0.1) is 0 Å². The number of ketones is 1. The van der Waals surface area contributed by atoms with Crippen molar-refractivity contribution in [3.8, 4) is 17.2 Å². The fourth-order valence-corrected chi connectivity index (χ4v) is 3.45. The topological polar surface area (TPSA) is 94.2 Å². The van der Waals surface area contributed by atoms with Crippen molar-refractivity contribution >= 4 is 29.0 Å². The highest BCUT2D eigenvalue weighted by Gasteiger charge is 2.44. The van der Waals surface area contributed by atoms with Crippen LogP contribution in [0.15, 0.2) is 30.3 Å². The summed E-state index contributed by atoms with van der Waals surface area (Å²) in [6.45, 7) is 3.60. The molecule has 8 nitrogen and oxygen atoms in total. The Kier molecular flexibility index (Phi) is 5.96. The van der Waals surface area contributed by atoms with Gasteiger partial charge >= 0.3 is 0 Å². The zero-order valence-corrected chi connectivity index (χ0v) is 17.6. The molecule has 1 aliphatic rings. The van der Waals surface area contributed by atoms with Gasteiger partial charge in [0, 0.05) is 11.8 Å². The minimum atomic E-state index is -0.948. The molecule has 2 aromatic rings. The van der Waals surface area contributed by atoms with E-state index in [1.165, 1.54) is 27.4 Å². The molecule has 1 unspecified atom stereocenters. The molecule has 0 fully saturated rings. The zero-order valence-electron chi connectivity index (χ0n) is 17.6. The van der Waals surface area contributed by atoms with E-state index in [9.17, 15) is 14.4 Å². The van der Waals surface area contributed by atoms with E-state index in [0.717, 1.165) is 16.9 Å². The summed E-state index contributed by atoms with van der Waals surface area (Å²) in [6.07, 6.45) is 0.888. The minimum Gasteiger partial charge on any atom is -0.493 e. The number of fused-ring (bicyclic) bond motifs is 1. The summed E-state index contributed by atoms with van der Waals surface area (Å²) < 4.78 is 16.0. The van der Waals surface area contributed by atoms with Crippen LogP contribution in [-0.2, 0) is 16.0 Å². The van der Waals surface area contributed by atoms with Crippen LogP contribution >= 0.6 is 0 Å². The maximum atomic E-state index is 12.8. The van der Waals surface area contributed by atoms with E-state index in [-0.39, 0.29) is 28.5 Å². The average molecular weight is 412 g/mol. The summed E-state index contributed by atoms with van der Waals surface area (Å²) in [4.78, 5) is 39.5. The Morgan fingerprint density at radius 1 is 1.03 bits per heavy atom. The molecule has 3 rings (SSSR count). The van der Waals surface area contributed by atoms with Crippen molar-refractivity contribution in [3.05, 3.63) is 41.5 Å². The first-order valence-electron chi connectivity index (χ1n) is 9.48. The molecule has 0 radical (unpaired) electrons. The fourth-order valence-electron chi connectivity index (χ4n) is 3.45. The molecule has 1 N–H and O–H groups in total. The number of ether oxygens (including phenoxy) is 3. The molecule has 0 saturated carbocycles. The van der Waals surface area contributed by atoms with Crippen molar-refractivity contribution in [3.63, 3.8) is 0 Å². The molecular formula is C22H24N2O6. The maximum absolute atomic E-state index is 12.8. The number of amides is 2. The lowest BCUT2D eigenvalue weighted by Gasteiger charge is -2.25. The summed E-state index contributed by atoms with van der Waals surface area (Å²) in [7, 11) is 4.21. The summed E-state index contributed by atoms with van der Waals surface area (Å²) in [6, 6.07) is 7.98. The van der Waals surface area contributed by atoms with Gasteiger partial charge in [0.1, 0.15) is 6.04 Å². The number of carbonyl (C=O) groups excluding carboxylic acids is 3. The van der Waals surface area contributed by atoms with Gasteiger partial charge in [-0.25, -0.2) is 0 Å². The second kappa shape index (κ2) is 8.44. The molecule has 0 aromatic heterocycles. The van der Waals surface area contributed by atoms with Crippen molar-refractivity contribution < 1.29 is 28.6 Å². The number of Topliss-reactive ketones (excluding diaryl/α,β-unsaturated/α-hetero) is 1. The Morgan fingerprint density at radius 2 is 1.67 bits per heavy atom. The van der Waals surface area contributed by atoms with E-state index >= 15 is 0 Å². The number of rotatable bonds is 7. The van der Waals surface area contributed by atoms with E-state index in [0.29, 0.717) is 5.69 Å². The first kappa shape index (κ1) is 21.2. The summed E-state index contributed by atoms with van der Waals surface area (Å²) >= 11 is 0. The standard InChI is InChI=1S/C22H24N2O6/c1-6-13-7-9-14(10-8-13)23-21(26)12(2)24-15-11-16(28-3)19(29-4)20(30-5)17(15)18(25)22(24)27/h7-12H,6H2,1-5H3,(H,23,26). The molecule has 0 spiro atoms. The van der Waals surface area contributed by atoms with Crippen LogP contribution in [0.1, 0.15) is 29.8 Å². The number of carbonyl (C=O) groups is 3. The van der Waals surface area contributed by atoms with Gasteiger partial charge in [0.05, 0.1) is 32.6 Å². The van der Waals surface area contributed by atoms with E-state index in [4.69, 9.17) is 14.2 Å². The second-order valence-electron chi connectivity index (χ2n) is 6.76. The van der Waals surface area contributed by atoms with Gasteiger partial charge in [-0.3, -0.25) is 19.3 Å². The smallest absolute Gasteiger partial charge is 0.300 e. The molecule has 2 aromatic carbocycles. The quantitative estimate of drug-likeness (QED) is 0.703. The number of anilines is 2. The van der Waals surface area contributed by atoms with Crippen LogP contribution in [0.3, 0.4) is 0 Å². The third kappa shape index (κ3) is 3.45. The van der Waals surface area contributed by atoms with Crippen molar-refractivity contribution in [2.75, 3.05) is 31.5 Å². The molecule has 0 saturated heterocycles. The summed E-state index contributed by atoms with van der Waals surface area (Å²) in [5.74, 6) is -1.44. The van der Waals surface area contributed by atoms with Gasteiger partial charge in [0.25, 0.3) is 11.7 Å².